The average Bonchev–Trinajstić information content (AvgIpc) is 2.63. The molecule has 0 spiro atoms. The zero-order valence-electron chi connectivity index (χ0n) is 8.53. The van der Waals surface area contributed by atoms with Gasteiger partial charge in [-0.1, -0.05) is 5.10 Å². The molecule has 1 rings (SSSR count). The lowest BCUT2D eigenvalue weighted by Gasteiger charge is -2.15. The molecule has 0 radical (unpaired) electrons. The fraction of sp³-hybridized carbons (Fsp3) is 0.750. The number of aliphatic hydroxyl groups is 1. The largest absolute Gasteiger partial charge is 0.407 e. The smallest absolute Gasteiger partial charge is 0.318 e. The molecule has 0 amide bonds. The van der Waals surface area contributed by atoms with Crippen molar-refractivity contribution in [2.75, 3.05) is 31.6 Å². The van der Waals surface area contributed by atoms with Gasteiger partial charge in [0.15, 0.2) is 0 Å². The molecule has 0 saturated carbocycles. The SMILES string of the molecule is CCN(CCO)c1nnc(CNC)o1. The molecule has 0 unspecified atom stereocenters. The van der Waals surface area contributed by atoms with E-state index in [9.17, 15) is 0 Å². The Labute approximate surface area is 82.9 Å². The highest BCUT2D eigenvalue weighted by molar-refractivity contribution is 5.23. The maximum atomic E-state index is 8.80. The van der Waals surface area contributed by atoms with Crippen LogP contribution in [0.4, 0.5) is 6.01 Å². The van der Waals surface area contributed by atoms with Crippen LogP contribution in [-0.2, 0) is 6.54 Å². The van der Waals surface area contributed by atoms with Gasteiger partial charge in [-0.2, -0.15) is 0 Å². The van der Waals surface area contributed by atoms with Crippen LogP contribution < -0.4 is 10.2 Å². The Morgan fingerprint density at radius 2 is 2.29 bits per heavy atom. The van der Waals surface area contributed by atoms with E-state index in [0.29, 0.717) is 25.0 Å². The minimum atomic E-state index is 0.0809. The van der Waals surface area contributed by atoms with Gasteiger partial charge in [0.25, 0.3) is 0 Å². The van der Waals surface area contributed by atoms with Crippen molar-refractivity contribution in [1.82, 2.24) is 15.5 Å². The van der Waals surface area contributed by atoms with Crippen LogP contribution in [0.5, 0.6) is 0 Å². The maximum Gasteiger partial charge on any atom is 0.318 e. The first-order valence-corrected chi connectivity index (χ1v) is 4.64. The first-order valence-electron chi connectivity index (χ1n) is 4.64. The minimum absolute atomic E-state index is 0.0809. The highest BCUT2D eigenvalue weighted by atomic mass is 16.4. The van der Waals surface area contributed by atoms with Gasteiger partial charge in [-0.25, -0.2) is 0 Å². The van der Waals surface area contributed by atoms with Crippen LogP contribution in [0.2, 0.25) is 0 Å². The molecule has 6 heteroatoms. The van der Waals surface area contributed by atoms with E-state index in [-0.39, 0.29) is 6.61 Å². The normalized spacial score (nSPS) is 10.5. The van der Waals surface area contributed by atoms with Gasteiger partial charge in [-0.15, -0.1) is 5.10 Å². The highest BCUT2D eigenvalue weighted by Crippen LogP contribution is 2.10. The Bertz CT molecular complexity index is 264. The summed E-state index contributed by atoms with van der Waals surface area (Å²) in [6, 6.07) is 0.465. The van der Waals surface area contributed by atoms with Crippen molar-refractivity contribution in [1.29, 1.82) is 0 Å². The van der Waals surface area contributed by atoms with Crippen LogP contribution in [0.15, 0.2) is 4.42 Å². The molecule has 80 valence electrons. The number of rotatable bonds is 6. The van der Waals surface area contributed by atoms with E-state index in [1.54, 1.807) is 0 Å². The summed E-state index contributed by atoms with van der Waals surface area (Å²) >= 11 is 0. The third-order valence-electron chi connectivity index (χ3n) is 1.81. The van der Waals surface area contributed by atoms with Gasteiger partial charge >= 0.3 is 6.01 Å². The van der Waals surface area contributed by atoms with E-state index in [2.05, 4.69) is 15.5 Å². The molecule has 2 N–H and O–H groups in total. The molecule has 0 aliphatic carbocycles. The second kappa shape index (κ2) is 5.56. The molecule has 14 heavy (non-hydrogen) atoms. The van der Waals surface area contributed by atoms with Gasteiger partial charge < -0.3 is 19.7 Å². The van der Waals surface area contributed by atoms with Crippen LogP contribution in [0, 0.1) is 0 Å². The zero-order chi connectivity index (χ0) is 10.4. The molecule has 0 aromatic carbocycles. The van der Waals surface area contributed by atoms with E-state index in [1.165, 1.54) is 0 Å². The van der Waals surface area contributed by atoms with Gasteiger partial charge in [-0.3, -0.25) is 0 Å². The van der Waals surface area contributed by atoms with Crippen LogP contribution in [0.1, 0.15) is 12.8 Å². The summed E-state index contributed by atoms with van der Waals surface area (Å²) in [7, 11) is 1.81. The number of nitrogens with zero attached hydrogens (tertiary/aromatic N) is 3. The van der Waals surface area contributed by atoms with Crippen molar-refractivity contribution in [3.05, 3.63) is 5.89 Å². The van der Waals surface area contributed by atoms with Crippen molar-refractivity contribution in [2.45, 2.75) is 13.5 Å². The molecule has 0 saturated heterocycles. The van der Waals surface area contributed by atoms with Crippen molar-refractivity contribution in [2.24, 2.45) is 0 Å². The number of hydrogen-bond acceptors (Lipinski definition) is 6. The monoisotopic (exact) mass is 200 g/mol. The highest BCUT2D eigenvalue weighted by Gasteiger charge is 2.11. The summed E-state index contributed by atoms with van der Waals surface area (Å²) in [6.07, 6.45) is 0. The first kappa shape index (κ1) is 10.9. The number of anilines is 1. The average molecular weight is 200 g/mol. The fourth-order valence-electron chi connectivity index (χ4n) is 1.10. The van der Waals surface area contributed by atoms with Crippen molar-refractivity contribution in [3.8, 4) is 0 Å². The second-order valence-corrected chi connectivity index (χ2v) is 2.81. The van der Waals surface area contributed by atoms with E-state index in [1.807, 2.05) is 18.9 Å². The number of nitrogens with one attached hydrogen (secondary N) is 1. The Morgan fingerprint density at radius 1 is 1.50 bits per heavy atom. The summed E-state index contributed by atoms with van der Waals surface area (Å²) in [4.78, 5) is 1.83. The lowest BCUT2D eigenvalue weighted by Crippen LogP contribution is -2.26. The van der Waals surface area contributed by atoms with Gasteiger partial charge in [0.1, 0.15) is 0 Å². The van der Waals surface area contributed by atoms with Crippen LogP contribution in [0.3, 0.4) is 0 Å². The third-order valence-corrected chi connectivity index (χ3v) is 1.81. The Morgan fingerprint density at radius 3 is 2.86 bits per heavy atom. The van der Waals surface area contributed by atoms with Crippen LogP contribution >= 0.6 is 0 Å². The van der Waals surface area contributed by atoms with E-state index >= 15 is 0 Å². The van der Waals surface area contributed by atoms with Crippen LogP contribution in [0.25, 0.3) is 0 Å². The van der Waals surface area contributed by atoms with Crippen molar-refractivity contribution < 1.29 is 9.52 Å². The number of likely N-dealkylation sites (N-methyl/N-ethyl adjacent to an activating group) is 1. The van der Waals surface area contributed by atoms with E-state index in [4.69, 9.17) is 9.52 Å². The molecule has 0 bridgehead atoms. The summed E-state index contributed by atoms with van der Waals surface area (Å²) in [6.45, 7) is 3.86. The topological polar surface area (TPSA) is 74.4 Å². The van der Waals surface area contributed by atoms with E-state index in [0.717, 1.165) is 6.54 Å². The minimum Gasteiger partial charge on any atom is -0.407 e. The van der Waals surface area contributed by atoms with Crippen LogP contribution in [-0.4, -0.2) is 42.0 Å². The fourth-order valence-corrected chi connectivity index (χ4v) is 1.10. The molecule has 1 aromatic rings. The Balaban J connectivity index is 2.63. The molecule has 0 aliphatic rings. The zero-order valence-corrected chi connectivity index (χ0v) is 8.53. The predicted octanol–water partition coefficient (Wildman–Crippen LogP) is -0.392. The molecule has 1 heterocycles. The maximum absolute atomic E-state index is 8.80. The summed E-state index contributed by atoms with van der Waals surface area (Å²) in [5, 5.41) is 19.5. The number of aromatic nitrogens is 2. The third kappa shape index (κ3) is 2.68. The molecule has 0 aliphatic heterocycles. The molecular formula is C8H16N4O2. The summed E-state index contributed by atoms with van der Waals surface area (Å²) in [5.41, 5.74) is 0. The first-order chi connectivity index (χ1) is 6.81. The van der Waals surface area contributed by atoms with Gasteiger partial charge in [-0.05, 0) is 14.0 Å². The molecule has 1 aromatic heterocycles. The number of aliphatic hydroxyl groups excluding tert-OH is 1. The van der Waals surface area contributed by atoms with Gasteiger partial charge in [0.05, 0.1) is 13.2 Å². The van der Waals surface area contributed by atoms with Gasteiger partial charge in [0.2, 0.25) is 5.89 Å². The quantitative estimate of drug-likeness (QED) is 0.651. The summed E-state index contributed by atoms with van der Waals surface area (Å²) < 4.78 is 5.36. The lowest BCUT2D eigenvalue weighted by molar-refractivity contribution is 0.299. The molecule has 0 atom stereocenters. The second-order valence-electron chi connectivity index (χ2n) is 2.81. The Hall–Kier alpha value is -1.14. The molecule has 6 nitrogen and oxygen atoms in total. The predicted molar refractivity (Wildman–Crippen MR) is 52.0 cm³/mol. The summed E-state index contributed by atoms with van der Waals surface area (Å²) in [5.74, 6) is 0.555. The standard InChI is InChI=1S/C8H16N4O2/c1-3-12(4-5-13)8-11-10-7(14-8)6-9-2/h9,13H,3-6H2,1-2H3. The van der Waals surface area contributed by atoms with Gasteiger partial charge in [0, 0.05) is 13.1 Å². The van der Waals surface area contributed by atoms with Crippen molar-refractivity contribution in [3.63, 3.8) is 0 Å². The Kier molecular flexibility index (Phi) is 4.34. The lowest BCUT2D eigenvalue weighted by atomic mass is 10.5. The number of hydrogen-bond donors (Lipinski definition) is 2. The van der Waals surface area contributed by atoms with Crippen molar-refractivity contribution >= 4 is 6.01 Å². The van der Waals surface area contributed by atoms with E-state index < -0.39 is 0 Å². The molecule has 0 fully saturated rings. The molecular weight excluding hydrogens is 184 g/mol.